The van der Waals surface area contributed by atoms with Crippen molar-refractivity contribution in [2.45, 2.75) is 57.5 Å². The Morgan fingerprint density at radius 1 is 1.10 bits per heavy atom. The van der Waals surface area contributed by atoms with Crippen LogP contribution in [0.2, 0.25) is 5.02 Å². The summed E-state index contributed by atoms with van der Waals surface area (Å²) in [5.74, 6) is 0.408. The number of alkyl carbamates (subject to hydrolysis) is 1. The molecule has 2 aliphatic heterocycles. The first kappa shape index (κ1) is 32.1. The van der Waals surface area contributed by atoms with Crippen LogP contribution in [0.15, 0.2) is 42.5 Å². The molecule has 0 saturated carbocycles. The van der Waals surface area contributed by atoms with E-state index in [9.17, 15) is 14.7 Å². The van der Waals surface area contributed by atoms with Gasteiger partial charge in [-0.15, -0.1) is 0 Å². The molecule has 2 unspecified atom stereocenters. The van der Waals surface area contributed by atoms with E-state index in [1.807, 2.05) is 47.2 Å². The Labute approximate surface area is 255 Å². The van der Waals surface area contributed by atoms with Gasteiger partial charge in [-0.2, -0.15) is 0 Å². The highest BCUT2D eigenvalue weighted by Crippen LogP contribution is 2.45. The van der Waals surface area contributed by atoms with Crippen molar-refractivity contribution >= 4 is 23.7 Å². The zero-order valence-electron chi connectivity index (χ0n) is 25.3. The molecule has 2 fully saturated rings. The molecular weight excluding hydrogens is 552 g/mol. The Kier molecular flexibility index (Phi) is 11.5. The summed E-state index contributed by atoms with van der Waals surface area (Å²) >= 11 is 6.88. The Morgan fingerprint density at radius 3 is 2.57 bits per heavy atom. The topological polar surface area (TPSA) is 94.1 Å². The van der Waals surface area contributed by atoms with Crippen LogP contribution in [0, 0.1) is 11.8 Å². The predicted octanol–water partition coefficient (Wildman–Crippen LogP) is 5.66. The van der Waals surface area contributed by atoms with Gasteiger partial charge in [0, 0.05) is 49.2 Å². The molecule has 4 rings (SSSR count). The maximum absolute atomic E-state index is 13.7. The van der Waals surface area contributed by atoms with Gasteiger partial charge in [0.05, 0.1) is 12.7 Å². The lowest BCUT2D eigenvalue weighted by Crippen LogP contribution is -2.53. The number of piperidine rings is 2. The summed E-state index contributed by atoms with van der Waals surface area (Å²) in [4.78, 5) is 29.3. The van der Waals surface area contributed by atoms with E-state index in [1.54, 1.807) is 0 Å². The molecule has 0 aliphatic carbocycles. The molecule has 0 bridgehead atoms. The van der Waals surface area contributed by atoms with Crippen molar-refractivity contribution in [3.63, 3.8) is 0 Å². The molecule has 2 aromatic rings. The Morgan fingerprint density at radius 2 is 1.86 bits per heavy atom. The first-order valence-corrected chi connectivity index (χ1v) is 15.8. The summed E-state index contributed by atoms with van der Waals surface area (Å²) in [6, 6.07) is 14.1. The number of carbonyl (C=O) groups is 2. The maximum Gasteiger partial charge on any atom is 0.406 e. The van der Waals surface area contributed by atoms with E-state index < -0.39 is 11.7 Å². The second-order valence-corrected chi connectivity index (χ2v) is 12.1. The molecule has 2 aromatic carbocycles. The van der Waals surface area contributed by atoms with Crippen molar-refractivity contribution in [3.05, 3.63) is 58.6 Å². The summed E-state index contributed by atoms with van der Waals surface area (Å²) in [5.41, 5.74) is 2.49. The molecule has 42 heavy (non-hydrogen) atoms. The predicted molar refractivity (Wildman–Crippen MR) is 168 cm³/mol. The van der Waals surface area contributed by atoms with E-state index in [0.717, 1.165) is 68.4 Å². The third-order valence-electron chi connectivity index (χ3n) is 9.04. The lowest BCUT2D eigenvalue weighted by atomic mass is 9.72. The molecule has 8 nitrogen and oxygen atoms in total. The number of halogens is 1. The number of likely N-dealkylation sites (tertiary alicyclic amines) is 2. The average molecular weight is 599 g/mol. The number of carbonyl (C=O) groups excluding carboxylic acids is 2. The van der Waals surface area contributed by atoms with Gasteiger partial charge in [0.25, 0.3) is 0 Å². The lowest BCUT2D eigenvalue weighted by molar-refractivity contribution is -0.0564. The molecule has 2 saturated heterocycles. The van der Waals surface area contributed by atoms with Crippen LogP contribution in [0.4, 0.5) is 9.59 Å². The average Bonchev–Trinajstić information content (AvgIpc) is 3.03. The van der Waals surface area contributed by atoms with E-state index in [-0.39, 0.29) is 11.9 Å². The third-order valence-corrected chi connectivity index (χ3v) is 9.35. The number of urea groups is 1. The largest absolute Gasteiger partial charge is 0.453 e. The van der Waals surface area contributed by atoms with Crippen LogP contribution < -0.4 is 10.6 Å². The Bertz CT molecular complexity index is 1200. The molecule has 2 aliphatic rings. The number of benzene rings is 2. The Balaban J connectivity index is 1.63. The molecule has 230 valence electrons. The van der Waals surface area contributed by atoms with Gasteiger partial charge in [0.15, 0.2) is 0 Å². The van der Waals surface area contributed by atoms with Crippen molar-refractivity contribution in [1.82, 2.24) is 20.4 Å². The van der Waals surface area contributed by atoms with E-state index >= 15 is 0 Å². The van der Waals surface area contributed by atoms with Crippen LogP contribution in [-0.2, 0) is 16.8 Å². The highest BCUT2D eigenvalue weighted by molar-refractivity contribution is 6.33. The van der Waals surface area contributed by atoms with Gasteiger partial charge in [-0.05, 0) is 87.2 Å². The van der Waals surface area contributed by atoms with Crippen molar-refractivity contribution in [3.8, 4) is 11.1 Å². The standard InChI is InChI=1S/C33H47ClN4O4/c1-4-24-9-5-10-26(21-24)30-28(12-6-13-29(30)34)33(41,16-8-17-36-31(39)42-3)27-11-7-18-38(23-27)32(40)37-19-14-25(15-20-37)22-35-2/h5-6,9-10,12-13,21,25,27,35,41H,4,7-8,11,14-20,22-23H2,1-3H3,(H,36,39). The van der Waals surface area contributed by atoms with Crippen LogP contribution >= 0.6 is 11.6 Å². The highest BCUT2D eigenvalue weighted by Gasteiger charge is 2.43. The number of hydrogen-bond donors (Lipinski definition) is 3. The molecule has 3 N–H and O–H groups in total. The number of rotatable bonds is 10. The van der Waals surface area contributed by atoms with Gasteiger partial charge in [-0.25, -0.2) is 9.59 Å². The second kappa shape index (κ2) is 15.1. The molecule has 0 radical (unpaired) electrons. The van der Waals surface area contributed by atoms with Crippen molar-refractivity contribution in [2.75, 3.05) is 53.4 Å². The van der Waals surface area contributed by atoms with Crippen LogP contribution in [0.1, 0.15) is 56.6 Å². The number of aryl methyl sites for hydroxylation is 1. The molecule has 0 spiro atoms. The van der Waals surface area contributed by atoms with Crippen LogP contribution in [0.3, 0.4) is 0 Å². The molecule has 2 atom stereocenters. The number of nitrogens with one attached hydrogen (secondary N) is 2. The summed E-state index contributed by atoms with van der Waals surface area (Å²) in [6.07, 6.45) is 4.95. The molecule has 2 heterocycles. The van der Waals surface area contributed by atoms with E-state index in [0.29, 0.717) is 43.4 Å². The Hall–Kier alpha value is -2.81. The molecular formula is C33H47ClN4O4. The quantitative estimate of drug-likeness (QED) is 0.307. The first-order valence-electron chi connectivity index (χ1n) is 15.4. The number of amides is 3. The van der Waals surface area contributed by atoms with Gasteiger partial charge in [0.1, 0.15) is 0 Å². The van der Waals surface area contributed by atoms with Crippen molar-refractivity contribution < 1.29 is 19.4 Å². The number of ether oxygens (including phenoxy) is 1. The minimum absolute atomic E-state index is 0.0688. The van der Waals surface area contributed by atoms with E-state index in [4.69, 9.17) is 16.3 Å². The summed E-state index contributed by atoms with van der Waals surface area (Å²) in [6.45, 7) is 6.16. The smallest absolute Gasteiger partial charge is 0.406 e. The summed E-state index contributed by atoms with van der Waals surface area (Å²) in [5, 5.41) is 19.3. The maximum atomic E-state index is 13.7. The van der Waals surface area contributed by atoms with Crippen LogP contribution in [0.5, 0.6) is 0 Å². The van der Waals surface area contributed by atoms with Crippen LogP contribution in [0.25, 0.3) is 11.1 Å². The molecule has 9 heteroatoms. The zero-order valence-corrected chi connectivity index (χ0v) is 26.1. The third kappa shape index (κ3) is 7.57. The fourth-order valence-corrected chi connectivity index (χ4v) is 6.95. The minimum Gasteiger partial charge on any atom is -0.453 e. The second-order valence-electron chi connectivity index (χ2n) is 11.7. The van der Waals surface area contributed by atoms with Crippen molar-refractivity contribution in [2.24, 2.45) is 11.8 Å². The summed E-state index contributed by atoms with van der Waals surface area (Å²) in [7, 11) is 3.31. The van der Waals surface area contributed by atoms with E-state index in [2.05, 4.69) is 29.7 Å². The van der Waals surface area contributed by atoms with Gasteiger partial charge in [-0.3, -0.25) is 0 Å². The van der Waals surface area contributed by atoms with Gasteiger partial charge >= 0.3 is 12.1 Å². The van der Waals surface area contributed by atoms with E-state index in [1.165, 1.54) is 12.7 Å². The van der Waals surface area contributed by atoms with Crippen molar-refractivity contribution in [1.29, 1.82) is 0 Å². The summed E-state index contributed by atoms with van der Waals surface area (Å²) < 4.78 is 4.73. The normalized spacial score (nSPS) is 19.3. The zero-order chi connectivity index (χ0) is 30.1. The SMILES string of the molecule is CCc1cccc(-c2c(Cl)cccc2C(O)(CCCNC(=O)OC)C2CCCN(C(=O)N3CCC(CNC)CC3)C2)c1. The van der Waals surface area contributed by atoms with Gasteiger partial charge in [-0.1, -0.05) is 54.9 Å². The number of nitrogens with zero attached hydrogens (tertiary/aromatic N) is 2. The fraction of sp³-hybridized carbons (Fsp3) is 0.576. The monoisotopic (exact) mass is 598 g/mol. The molecule has 0 aromatic heterocycles. The van der Waals surface area contributed by atoms with Gasteiger partial charge < -0.3 is 30.3 Å². The van der Waals surface area contributed by atoms with Crippen LogP contribution in [-0.4, -0.2) is 80.5 Å². The minimum atomic E-state index is -1.26. The number of hydrogen-bond acceptors (Lipinski definition) is 5. The number of methoxy groups -OCH3 is 1. The lowest BCUT2D eigenvalue weighted by Gasteiger charge is -2.45. The number of aliphatic hydroxyl groups is 1. The van der Waals surface area contributed by atoms with Gasteiger partial charge in [0.2, 0.25) is 0 Å². The molecule has 3 amide bonds. The fourth-order valence-electron chi connectivity index (χ4n) is 6.66. The first-order chi connectivity index (χ1) is 20.3. The highest BCUT2D eigenvalue weighted by atomic mass is 35.5.